The molecule has 1 amide bonds. The minimum atomic E-state index is -4.44. The van der Waals surface area contributed by atoms with Crippen molar-refractivity contribution in [2.24, 2.45) is 0 Å². The maximum atomic E-state index is 12.7. The van der Waals surface area contributed by atoms with Crippen molar-refractivity contribution in [1.82, 2.24) is 0 Å². The van der Waals surface area contributed by atoms with Crippen molar-refractivity contribution in [2.45, 2.75) is 6.18 Å². The van der Waals surface area contributed by atoms with E-state index in [2.05, 4.69) is 5.32 Å². The number of ether oxygens (including phenoxy) is 1. The van der Waals surface area contributed by atoms with Crippen molar-refractivity contribution in [1.29, 1.82) is 0 Å². The van der Waals surface area contributed by atoms with Crippen LogP contribution in [0, 0.1) is 0 Å². The molecule has 0 fully saturated rings. The van der Waals surface area contributed by atoms with Gasteiger partial charge in [0.1, 0.15) is 11.5 Å². The summed E-state index contributed by atoms with van der Waals surface area (Å²) in [5.74, 6) is 0.0369. The van der Waals surface area contributed by atoms with Gasteiger partial charge in [-0.25, -0.2) is 0 Å². The molecule has 0 spiro atoms. The van der Waals surface area contributed by atoms with Gasteiger partial charge in [0.25, 0.3) is 5.91 Å². The Morgan fingerprint density at radius 3 is 2.26 bits per heavy atom. The van der Waals surface area contributed by atoms with Gasteiger partial charge < -0.3 is 10.1 Å². The largest absolute Gasteiger partial charge is 0.457 e. The average Bonchev–Trinajstić information content (AvgIpc) is 2.63. The number of rotatable bonds is 4. The van der Waals surface area contributed by atoms with E-state index in [1.54, 1.807) is 48.5 Å². The number of alkyl halides is 3. The third-order valence-electron chi connectivity index (χ3n) is 3.63. The maximum absolute atomic E-state index is 12.7. The molecule has 3 aromatic carbocycles. The Hall–Kier alpha value is -2.99. The fourth-order valence-corrected chi connectivity index (χ4v) is 2.54. The Labute approximate surface area is 158 Å². The Bertz CT molecular complexity index is 956. The first-order chi connectivity index (χ1) is 12.8. The van der Waals surface area contributed by atoms with Gasteiger partial charge in [0.2, 0.25) is 0 Å². The monoisotopic (exact) mass is 391 g/mol. The van der Waals surface area contributed by atoms with Crippen molar-refractivity contribution in [3.63, 3.8) is 0 Å². The zero-order chi connectivity index (χ0) is 19.4. The van der Waals surface area contributed by atoms with E-state index in [0.717, 1.165) is 12.1 Å². The lowest BCUT2D eigenvalue weighted by Gasteiger charge is -2.11. The first kappa shape index (κ1) is 18.8. The molecule has 0 atom stereocenters. The van der Waals surface area contributed by atoms with Crippen LogP contribution in [0.5, 0.6) is 11.5 Å². The maximum Gasteiger partial charge on any atom is 0.416 e. The third-order valence-corrected chi connectivity index (χ3v) is 3.96. The molecule has 0 aliphatic heterocycles. The molecule has 1 N–H and O–H groups in total. The second-order valence-electron chi connectivity index (χ2n) is 5.59. The van der Waals surface area contributed by atoms with Gasteiger partial charge in [-0.3, -0.25) is 4.79 Å². The Morgan fingerprint density at radius 2 is 1.59 bits per heavy atom. The van der Waals surface area contributed by atoms with Crippen LogP contribution in [0.1, 0.15) is 15.9 Å². The molecule has 0 saturated carbocycles. The molecule has 0 aromatic heterocycles. The molecule has 0 aliphatic rings. The summed E-state index contributed by atoms with van der Waals surface area (Å²) >= 11 is 5.98. The van der Waals surface area contributed by atoms with E-state index in [1.165, 1.54) is 12.1 Å². The van der Waals surface area contributed by atoms with Gasteiger partial charge in [-0.1, -0.05) is 29.8 Å². The molecule has 0 saturated heterocycles. The van der Waals surface area contributed by atoms with E-state index in [-0.39, 0.29) is 11.7 Å². The highest BCUT2D eigenvalue weighted by Crippen LogP contribution is 2.33. The van der Waals surface area contributed by atoms with Gasteiger partial charge >= 0.3 is 6.18 Å². The van der Waals surface area contributed by atoms with Gasteiger partial charge in [0, 0.05) is 5.69 Å². The molecule has 0 radical (unpaired) electrons. The summed E-state index contributed by atoms with van der Waals surface area (Å²) < 4.78 is 43.7. The summed E-state index contributed by atoms with van der Waals surface area (Å²) in [6, 6.07) is 17.5. The molecule has 0 heterocycles. The summed E-state index contributed by atoms with van der Waals surface area (Å²) in [5, 5.41) is 3.02. The third kappa shape index (κ3) is 4.80. The van der Waals surface area contributed by atoms with Crippen LogP contribution in [-0.4, -0.2) is 5.91 Å². The number of amides is 1. The first-order valence-corrected chi connectivity index (χ1v) is 8.22. The van der Waals surface area contributed by atoms with Crippen molar-refractivity contribution >= 4 is 23.2 Å². The summed E-state index contributed by atoms with van der Waals surface area (Å²) in [7, 11) is 0. The van der Waals surface area contributed by atoms with Gasteiger partial charge in [-0.2, -0.15) is 13.2 Å². The molecular weight excluding hydrogens is 379 g/mol. The van der Waals surface area contributed by atoms with Crippen LogP contribution in [-0.2, 0) is 6.18 Å². The zero-order valence-corrected chi connectivity index (χ0v) is 14.5. The van der Waals surface area contributed by atoms with E-state index in [1.807, 2.05) is 0 Å². The molecule has 3 rings (SSSR count). The molecule has 27 heavy (non-hydrogen) atoms. The van der Waals surface area contributed by atoms with Crippen LogP contribution in [0.4, 0.5) is 18.9 Å². The van der Waals surface area contributed by atoms with E-state index >= 15 is 0 Å². The number of carbonyl (C=O) groups excluding carboxylic acids is 1. The van der Waals surface area contributed by atoms with Crippen LogP contribution in [0.3, 0.4) is 0 Å². The highest BCUT2D eigenvalue weighted by molar-refractivity contribution is 6.34. The standard InChI is InChI=1S/C20H13ClF3NO2/c21-18-7-2-1-6-17(18)19(26)25-14-8-10-15(11-9-14)27-16-5-3-4-13(12-16)20(22,23)24/h1-12H,(H,25,26). The van der Waals surface area contributed by atoms with Crippen LogP contribution in [0.15, 0.2) is 72.8 Å². The minimum absolute atomic E-state index is 0.0673. The predicted octanol–water partition coefficient (Wildman–Crippen LogP) is 6.40. The topological polar surface area (TPSA) is 38.3 Å². The van der Waals surface area contributed by atoms with E-state index in [4.69, 9.17) is 16.3 Å². The summed E-state index contributed by atoms with van der Waals surface area (Å²) in [6.45, 7) is 0. The number of nitrogens with one attached hydrogen (secondary N) is 1. The van der Waals surface area contributed by atoms with Crippen LogP contribution < -0.4 is 10.1 Å². The lowest BCUT2D eigenvalue weighted by atomic mass is 10.2. The van der Waals surface area contributed by atoms with E-state index in [9.17, 15) is 18.0 Å². The Balaban J connectivity index is 1.69. The number of anilines is 1. The molecular formula is C20H13ClF3NO2. The molecule has 3 aromatic rings. The van der Waals surface area contributed by atoms with Gasteiger partial charge in [-0.05, 0) is 54.6 Å². The quantitative estimate of drug-likeness (QED) is 0.558. The van der Waals surface area contributed by atoms with Crippen LogP contribution in [0.25, 0.3) is 0 Å². The average molecular weight is 392 g/mol. The second-order valence-corrected chi connectivity index (χ2v) is 5.99. The SMILES string of the molecule is O=C(Nc1ccc(Oc2cccc(C(F)(F)F)c2)cc1)c1ccccc1Cl. The number of carbonyl (C=O) groups is 1. The van der Waals surface area contributed by atoms with E-state index in [0.29, 0.717) is 22.0 Å². The van der Waals surface area contributed by atoms with Crippen LogP contribution in [0.2, 0.25) is 5.02 Å². The summed E-state index contributed by atoms with van der Waals surface area (Å²) in [5.41, 5.74) is 0.0448. The van der Waals surface area contributed by atoms with Gasteiger partial charge in [0.05, 0.1) is 16.1 Å². The number of hydrogen-bond acceptors (Lipinski definition) is 2. The summed E-state index contributed by atoms with van der Waals surface area (Å²) in [4.78, 5) is 12.2. The van der Waals surface area contributed by atoms with Gasteiger partial charge in [0.15, 0.2) is 0 Å². The summed E-state index contributed by atoms with van der Waals surface area (Å²) in [6.07, 6.45) is -4.44. The van der Waals surface area contributed by atoms with Crippen molar-refractivity contribution < 1.29 is 22.7 Å². The molecule has 0 aliphatic carbocycles. The molecule has 7 heteroatoms. The zero-order valence-electron chi connectivity index (χ0n) is 13.8. The smallest absolute Gasteiger partial charge is 0.416 e. The lowest BCUT2D eigenvalue weighted by Crippen LogP contribution is -2.12. The number of benzene rings is 3. The highest BCUT2D eigenvalue weighted by atomic mass is 35.5. The fraction of sp³-hybridized carbons (Fsp3) is 0.0500. The minimum Gasteiger partial charge on any atom is -0.457 e. The Kier molecular flexibility index (Phi) is 5.37. The lowest BCUT2D eigenvalue weighted by molar-refractivity contribution is -0.137. The molecule has 0 unspecified atom stereocenters. The Morgan fingerprint density at radius 1 is 0.889 bits per heavy atom. The van der Waals surface area contributed by atoms with Gasteiger partial charge in [-0.15, -0.1) is 0 Å². The van der Waals surface area contributed by atoms with Crippen molar-refractivity contribution in [3.8, 4) is 11.5 Å². The molecule has 138 valence electrons. The first-order valence-electron chi connectivity index (χ1n) is 7.84. The highest BCUT2D eigenvalue weighted by Gasteiger charge is 2.30. The van der Waals surface area contributed by atoms with E-state index < -0.39 is 11.7 Å². The molecule has 0 bridgehead atoms. The van der Waals surface area contributed by atoms with Crippen LogP contribution >= 0.6 is 11.6 Å². The fourth-order valence-electron chi connectivity index (χ4n) is 2.32. The second kappa shape index (κ2) is 7.72. The normalized spacial score (nSPS) is 11.1. The number of hydrogen-bond donors (Lipinski definition) is 1. The predicted molar refractivity (Wildman–Crippen MR) is 97.4 cm³/mol. The number of halogens is 4. The van der Waals surface area contributed by atoms with Crippen molar-refractivity contribution in [3.05, 3.63) is 88.9 Å². The van der Waals surface area contributed by atoms with Crippen molar-refractivity contribution in [2.75, 3.05) is 5.32 Å². The molecule has 3 nitrogen and oxygen atoms in total.